The molecule has 7 nitrogen and oxygen atoms in total. The maximum Gasteiger partial charge on any atom is 0.416 e. The Labute approximate surface area is 224 Å². The van der Waals surface area contributed by atoms with E-state index in [2.05, 4.69) is 9.71 Å². The maximum atomic E-state index is 13.9. The Morgan fingerprint density at radius 2 is 1.67 bits per heavy atom. The van der Waals surface area contributed by atoms with Crippen LogP contribution in [0.15, 0.2) is 90.1 Å². The molecule has 1 atom stereocenters. The van der Waals surface area contributed by atoms with E-state index >= 15 is 0 Å². The van der Waals surface area contributed by atoms with E-state index in [0.29, 0.717) is 5.56 Å². The van der Waals surface area contributed by atoms with Crippen molar-refractivity contribution in [3.05, 3.63) is 119 Å². The lowest BCUT2D eigenvalue weighted by molar-refractivity contribution is -0.137. The fourth-order valence-corrected chi connectivity index (χ4v) is 5.99. The highest BCUT2D eigenvalue weighted by Gasteiger charge is 2.43. The lowest BCUT2D eigenvalue weighted by Gasteiger charge is -2.35. The Morgan fingerprint density at radius 3 is 2.28 bits per heavy atom. The second-order valence-electron chi connectivity index (χ2n) is 9.08. The molecule has 0 radical (unpaired) electrons. The summed E-state index contributed by atoms with van der Waals surface area (Å²) < 4.78 is 77.9. The van der Waals surface area contributed by atoms with Crippen LogP contribution in [0.3, 0.4) is 0 Å². The van der Waals surface area contributed by atoms with E-state index < -0.39 is 33.3 Å². The van der Waals surface area contributed by atoms with Crippen molar-refractivity contribution in [3.63, 3.8) is 0 Å². The van der Waals surface area contributed by atoms with Crippen LogP contribution in [0, 0.1) is 6.92 Å². The highest BCUT2D eigenvalue weighted by molar-refractivity contribution is 7.89. The SMILES string of the molecule is COC(=O)c1ccc(S(=O)(=O)NC(Cc2ccccc2)(c2cccc(C(F)(F)F)c2)c2ccc(C)cn2)n1C. The van der Waals surface area contributed by atoms with Gasteiger partial charge in [0.25, 0.3) is 10.0 Å². The number of ether oxygens (including phenoxy) is 1. The molecule has 2 aromatic heterocycles. The first-order valence-corrected chi connectivity index (χ1v) is 13.3. The highest BCUT2D eigenvalue weighted by atomic mass is 32.2. The number of hydrogen-bond acceptors (Lipinski definition) is 5. The van der Waals surface area contributed by atoms with E-state index in [1.54, 1.807) is 49.4 Å². The first-order valence-electron chi connectivity index (χ1n) is 11.8. The number of nitrogens with one attached hydrogen (secondary N) is 1. The molecule has 39 heavy (non-hydrogen) atoms. The molecule has 0 aliphatic carbocycles. The smallest absolute Gasteiger partial charge is 0.416 e. The van der Waals surface area contributed by atoms with Crippen LogP contribution in [0.5, 0.6) is 0 Å². The Bertz CT molecular complexity index is 1580. The van der Waals surface area contributed by atoms with Crippen molar-refractivity contribution in [1.82, 2.24) is 14.3 Å². The number of sulfonamides is 1. The Hall–Kier alpha value is -3.96. The Kier molecular flexibility index (Phi) is 7.67. The number of pyridine rings is 1. The van der Waals surface area contributed by atoms with Crippen molar-refractivity contribution >= 4 is 16.0 Å². The molecule has 0 aliphatic heterocycles. The maximum absolute atomic E-state index is 13.9. The summed E-state index contributed by atoms with van der Waals surface area (Å²) >= 11 is 0. The van der Waals surface area contributed by atoms with Gasteiger partial charge >= 0.3 is 12.1 Å². The number of aromatic nitrogens is 2. The molecule has 0 spiro atoms. The van der Waals surface area contributed by atoms with Gasteiger partial charge in [0.15, 0.2) is 5.03 Å². The zero-order valence-electron chi connectivity index (χ0n) is 21.4. The van der Waals surface area contributed by atoms with E-state index in [1.807, 2.05) is 0 Å². The van der Waals surface area contributed by atoms with Crippen molar-refractivity contribution in [2.24, 2.45) is 7.05 Å². The monoisotopic (exact) mass is 557 g/mol. The zero-order chi connectivity index (χ0) is 28.4. The number of halogens is 3. The van der Waals surface area contributed by atoms with Gasteiger partial charge in [0, 0.05) is 19.7 Å². The van der Waals surface area contributed by atoms with Gasteiger partial charge in [0.05, 0.1) is 18.4 Å². The quantitative estimate of drug-likeness (QED) is 0.308. The van der Waals surface area contributed by atoms with Crippen LogP contribution < -0.4 is 4.72 Å². The molecule has 0 aliphatic rings. The number of carbonyl (C=O) groups is 1. The molecular weight excluding hydrogens is 531 g/mol. The Balaban J connectivity index is 1.99. The van der Waals surface area contributed by atoms with Crippen LogP contribution in [0.25, 0.3) is 0 Å². The number of benzene rings is 2. The molecule has 1 unspecified atom stereocenters. The highest BCUT2D eigenvalue weighted by Crippen LogP contribution is 2.38. The van der Waals surface area contributed by atoms with E-state index in [-0.39, 0.29) is 28.4 Å². The van der Waals surface area contributed by atoms with E-state index in [4.69, 9.17) is 4.74 Å². The van der Waals surface area contributed by atoms with Crippen molar-refractivity contribution in [2.45, 2.75) is 30.1 Å². The molecule has 0 amide bonds. The van der Waals surface area contributed by atoms with Gasteiger partial charge in [-0.15, -0.1) is 0 Å². The number of nitrogens with zero attached hydrogens (tertiary/aromatic N) is 2. The van der Waals surface area contributed by atoms with Gasteiger partial charge in [-0.1, -0.05) is 48.5 Å². The summed E-state index contributed by atoms with van der Waals surface area (Å²) in [6.07, 6.45) is -3.20. The summed E-state index contributed by atoms with van der Waals surface area (Å²) in [7, 11) is -1.91. The van der Waals surface area contributed by atoms with Gasteiger partial charge in [-0.3, -0.25) is 4.98 Å². The predicted octanol–water partition coefficient (Wildman–Crippen LogP) is 5.00. The summed E-state index contributed by atoms with van der Waals surface area (Å²) in [4.78, 5) is 16.6. The minimum atomic E-state index is -4.67. The zero-order valence-corrected chi connectivity index (χ0v) is 22.2. The van der Waals surface area contributed by atoms with Crippen molar-refractivity contribution < 1.29 is 31.1 Å². The molecular formula is C28H26F3N3O4S. The van der Waals surface area contributed by atoms with Gasteiger partial charge in [-0.2, -0.15) is 17.9 Å². The van der Waals surface area contributed by atoms with Crippen molar-refractivity contribution in [2.75, 3.05) is 7.11 Å². The molecule has 2 heterocycles. The third-order valence-corrected chi connectivity index (χ3v) is 7.98. The summed E-state index contributed by atoms with van der Waals surface area (Å²) in [5.74, 6) is -0.743. The molecule has 1 N–H and O–H groups in total. The van der Waals surface area contributed by atoms with Gasteiger partial charge < -0.3 is 9.30 Å². The van der Waals surface area contributed by atoms with Crippen LogP contribution in [-0.2, 0) is 39.9 Å². The molecule has 0 saturated carbocycles. The van der Waals surface area contributed by atoms with Crippen LogP contribution >= 0.6 is 0 Å². The average Bonchev–Trinajstić information content (AvgIpc) is 3.30. The number of alkyl halides is 3. The molecule has 4 rings (SSSR count). The molecule has 204 valence electrons. The summed E-state index contributed by atoms with van der Waals surface area (Å²) in [5, 5.41) is -0.278. The van der Waals surface area contributed by atoms with Crippen LogP contribution in [0.2, 0.25) is 0 Å². The third-order valence-electron chi connectivity index (χ3n) is 6.40. The largest absolute Gasteiger partial charge is 0.464 e. The standard InChI is InChI=1S/C28H26F3N3O4S/c1-19-12-14-24(32-18-19)27(17-20-8-5-4-6-9-20,21-10-7-11-22(16-21)28(29,30)31)33-39(36,37)25-15-13-23(34(25)2)26(35)38-3/h4-16,18,33H,17H2,1-3H3. The lowest BCUT2D eigenvalue weighted by Crippen LogP contribution is -2.49. The van der Waals surface area contributed by atoms with Crippen LogP contribution in [-0.4, -0.2) is 31.0 Å². The molecule has 0 bridgehead atoms. The minimum Gasteiger partial charge on any atom is -0.464 e. The van der Waals surface area contributed by atoms with E-state index in [9.17, 15) is 26.4 Å². The molecule has 0 fully saturated rings. The fraction of sp³-hybridized carbons (Fsp3) is 0.214. The number of hydrogen-bond donors (Lipinski definition) is 1. The average molecular weight is 558 g/mol. The summed E-state index contributed by atoms with van der Waals surface area (Å²) in [6.45, 7) is 1.79. The number of aryl methyl sites for hydroxylation is 1. The lowest BCUT2D eigenvalue weighted by atomic mass is 9.81. The summed E-state index contributed by atoms with van der Waals surface area (Å²) in [6, 6.07) is 19.1. The number of carbonyl (C=O) groups excluding carboxylic acids is 1. The van der Waals surface area contributed by atoms with Crippen molar-refractivity contribution in [3.8, 4) is 0 Å². The summed E-state index contributed by atoms with van der Waals surface area (Å²) in [5.41, 5.74) is -1.03. The predicted molar refractivity (Wildman–Crippen MR) is 138 cm³/mol. The van der Waals surface area contributed by atoms with Gasteiger partial charge in [-0.25, -0.2) is 13.2 Å². The fourth-order valence-electron chi connectivity index (χ4n) is 4.42. The van der Waals surface area contributed by atoms with Crippen LogP contribution in [0.1, 0.15) is 38.4 Å². The van der Waals surface area contributed by atoms with E-state index in [0.717, 1.165) is 22.3 Å². The second kappa shape index (κ2) is 10.7. The number of methoxy groups -OCH3 is 1. The molecule has 11 heteroatoms. The molecule has 4 aromatic rings. The second-order valence-corrected chi connectivity index (χ2v) is 10.7. The Morgan fingerprint density at radius 1 is 0.974 bits per heavy atom. The minimum absolute atomic E-state index is 0.0148. The van der Waals surface area contributed by atoms with Gasteiger partial charge in [-0.05, 0) is 53.9 Å². The molecule has 0 saturated heterocycles. The normalized spacial score (nSPS) is 13.6. The van der Waals surface area contributed by atoms with Crippen molar-refractivity contribution in [1.29, 1.82) is 0 Å². The van der Waals surface area contributed by atoms with Gasteiger partial charge in [0.1, 0.15) is 11.2 Å². The number of rotatable bonds is 8. The number of esters is 1. The molecule has 2 aromatic carbocycles. The first kappa shape index (κ1) is 28.1. The van der Waals surface area contributed by atoms with Crippen LogP contribution in [0.4, 0.5) is 13.2 Å². The topological polar surface area (TPSA) is 90.3 Å². The first-order chi connectivity index (χ1) is 18.4. The van der Waals surface area contributed by atoms with Gasteiger partial charge in [0.2, 0.25) is 0 Å². The third kappa shape index (κ3) is 5.74. The van der Waals surface area contributed by atoms with E-state index in [1.165, 1.54) is 44.6 Å².